The Morgan fingerprint density at radius 2 is 2.16 bits per heavy atom. The first kappa shape index (κ1) is 14.3. The van der Waals surface area contributed by atoms with Crippen molar-refractivity contribution in [3.05, 3.63) is 0 Å². The van der Waals surface area contributed by atoms with E-state index in [1.807, 2.05) is 0 Å². The van der Waals surface area contributed by atoms with Gasteiger partial charge >= 0.3 is 5.97 Å². The van der Waals surface area contributed by atoms with Gasteiger partial charge in [0.05, 0.1) is 12.5 Å². The summed E-state index contributed by atoms with van der Waals surface area (Å²) in [6.07, 6.45) is 4.97. The number of hydrogen-bond donors (Lipinski definition) is 2. The molecule has 5 nitrogen and oxygen atoms in total. The summed E-state index contributed by atoms with van der Waals surface area (Å²) < 4.78 is 0. The highest BCUT2D eigenvalue weighted by molar-refractivity contribution is 5.83. The summed E-state index contributed by atoms with van der Waals surface area (Å²) in [5.74, 6) is -0.0784. The van der Waals surface area contributed by atoms with Crippen LogP contribution in [0.4, 0.5) is 0 Å². The van der Waals surface area contributed by atoms with E-state index in [0.29, 0.717) is 12.5 Å². The molecule has 0 bridgehead atoms. The van der Waals surface area contributed by atoms with Crippen molar-refractivity contribution in [3.8, 4) is 0 Å². The van der Waals surface area contributed by atoms with Crippen molar-refractivity contribution in [2.75, 3.05) is 13.1 Å². The quantitative estimate of drug-likeness (QED) is 0.804. The van der Waals surface area contributed by atoms with Crippen LogP contribution in [0.1, 0.15) is 45.4 Å². The second-order valence-electron chi connectivity index (χ2n) is 5.73. The zero-order valence-corrected chi connectivity index (χ0v) is 11.6. The van der Waals surface area contributed by atoms with Crippen LogP contribution < -0.4 is 5.32 Å². The molecule has 2 rings (SSSR count). The molecule has 1 amide bonds. The molecule has 0 radical (unpaired) electrons. The Labute approximate surface area is 114 Å². The van der Waals surface area contributed by atoms with Crippen molar-refractivity contribution in [1.29, 1.82) is 0 Å². The van der Waals surface area contributed by atoms with E-state index in [1.165, 1.54) is 0 Å². The molecule has 0 aromatic heterocycles. The fraction of sp³-hybridized carbons (Fsp3) is 0.857. The number of hydrogen-bond acceptors (Lipinski definition) is 3. The fourth-order valence-electron chi connectivity index (χ4n) is 3.29. The average Bonchev–Trinajstić information content (AvgIpc) is 2.85. The van der Waals surface area contributed by atoms with Crippen LogP contribution in [0.3, 0.4) is 0 Å². The number of carbonyl (C=O) groups excluding carboxylic acids is 1. The number of amides is 1. The Morgan fingerprint density at radius 3 is 2.84 bits per heavy atom. The molecule has 3 unspecified atom stereocenters. The van der Waals surface area contributed by atoms with Crippen LogP contribution in [0, 0.1) is 5.92 Å². The number of nitrogens with one attached hydrogen (secondary N) is 1. The van der Waals surface area contributed by atoms with Gasteiger partial charge in [-0.2, -0.15) is 0 Å². The van der Waals surface area contributed by atoms with Gasteiger partial charge in [-0.15, -0.1) is 0 Å². The molecule has 19 heavy (non-hydrogen) atoms. The second kappa shape index (κ2) is 6.37. The molecule has 108 valence electrons. The Bertz CT molecular complexity index is 346. The van der Waals surface area contributed by atoms with Crippen LogP contribution in [-0.2, 0) is 9.59 Å². The van der Waals surface area contributed by atoms with E-state index < -0.39 is 5.97 Å². The summed E-state index contributed by atoms with van der Waals surface area (Å²) in [4.78, 5) is 25.2. The van der Waals surface area contributed by atoms with E-state index >= 15 is 0 Å². The standard InChI is InChI=1S/C14H24N2O3/c1-2-10-5-6-15-12(8-10)14(19)16-7-3-4-11(16)9-13(17)18/h10-12,15H,2-9H2,1H3,(H,17,18). The van der Waals surface area contributed by atoms with Crippen molar-refractivity contribution in [1.82, 2.24) is 10.2 Å². The van der Waals surface area contributed by atoms with E-state index in [4.69, 9.17) is 5.11 Å². The number of aliphatic carboxylic acids is 1. The number of likely N-dealkylation sites (tertiary alicyclic amines) is 1. The zero-order chi connectivity index (χ0) is 13.8. The summed E-state index contributed by atoms with van der Waals surface area (Å²) in [6, 6.07) is -0.207. The summed E-state index contributed by atoms with van der Waals surface area (Å²) in [7, 11) is 0. The Hall–Kier alpha value is -1.10. The Morgan fingerprint density at radius 1 is 1.37 bits per heavy atom. The van der Waals surface area contributed by atoms with Crippen molar-refractivity contribution in [2.24, 2.45) is 5.92 Å². The average molecular weight is 268 g/mol. The van der Waals surface area contributed by atoms with E-state index in [9.17, 15) is 9.59 Å². The summed E-state index contributed by atoms with van der Waals surface area (Å²) in [6.45, 7) is 3.78. The molecular weight excluding hydrogens is 244 g/mol. The number of rotatable bonds is 4. The van der Waals surface area contributed by atoms with Crippen molar-refractivity contribution < 1.29 is 14.7 Å². The van der Waals surface area contributed by atoms with Crippen LogP contribution in [0.2, 0.25) is 0 Å². The third kappa shape index (κ3) is 3.47. The van der Waals surface area contributed by atoms with Crippen molar-refractivity contribution in [2.45, 2.75) is 57.5 Å². The molecule has 0 aromatic rings. The van der Waals surface area contributed by atoms with Gasteiger partial charge in [-0.3, -0.25) is 9.59 Å². The minimum absolute atomic E-state index is 0.0790. The lowest BCUT2D eigenvalue weighted by molar-refractivity contribution is -0.140. The van der Waals surface area contributed by atoms with Crippen LogP contribution in [0.15, 0.2) is 0 Å². The molecule has 2 fully saturated rings. The summed E-state index contributed by atoms with van der Waals surface area (Å²) in [5, 5.41) is 12.2. The minimum atomic E-state index is -0.812. The van der Waals surface area contributed by atoms with Crippen LogP contribution >= 0.6 is 0 Å². The fourth-order valence-corrected chi connectivity index (χ4v) is 3.29. The molecule has 0 aliphatic carbocycles. The monoisotopic (exact) mass is 268 g/mol. The van der Waals surface area contributed by atoms with Crippen LogP contribution in [0.25, 0.3) is 0 Å². The van der Waals surface area contributed by atoms with Gasteiger partial charge in [0.1, 0.15) is 0 Å². The number of piperidine rings is 1. The van der Waals surface area contributed by atoms with Gasteiger partial charge in [0.15, 0.2) is 0 Å². The lowest BCUT2D eigenvalue weighted by atomic mass is 9.89. The maximum absolute atomic E-state index is 12.5. The van der Waals surface area contributed by atoms with E-state index in [1.54, 1.807) is 4.90 Å². The molecule has 0 saturated carbocycles. The molecule has 2 N–H and O–H groups in total. The van der Waals surface area contributed by atoms with E-state index in [-0.39, 0.29) is 24.4 Å². The van der Waals surface area contributed by atoms with E-state index in [0.717, 1.165) is 38.6 Å². The van der Waals surface area contributed by atoms with Gasteiger partial charge in [-0.25, -0.2) is 0 Å². The maximum Gasteiger partial charge on any atom is 0.305 e. The highest BCUT2D eigenvalue weighted by Gasteiger charge is 2.35. The lowest BCUT2D eigenvalue weighted by Gasteiger charge is -2.33. The van der Waals surface area contributed by atoms with Crippen molar-refractivity contribution in [3.63, 3.8) is 0 Å². The Balaban J connectivity index is 1.96. The number of carboxylic acid groups (broad SMARTS) is 1. The normalized spacial score (nSPS) is 31.4. The minimum Gasteiger partial charge on any atom is -0.481 e. The first-order chi connectivity index (χ1) is 9.11. The summed E-state index contributed by atoms with van der Waals surface area (Å²) in [5.41, 5.74) is 0. The van der Waals surface area contributed by atoms with Crippen LogP contribution in [-0.4, -0.2) is 47.1 Å². The molecule has 2 heterocycles. The SMILES string of the molecule is CCC1CCNC(C(=O)N2CCCC2CC(=O)O)C1. The highest BCUT2D eigenvalue weighted by atomic mass is 16.4. The topological polar surface area (TPSA) is 69.6 Å². The molecule has 0 spiro atoms. The first-order valence-corrected chi connectivity index (χ1v) is 7.37. The summed E-state index contributed by atoms with van der Waals surface area (Å²) >= 11 is 0. The molecule has 2 aliphatic heterocycles. The maximum atomic E-state index is 12.5. The van der Waals surface area contributed by atoms with Gasteiger partial charge in [-0.1, -0.05) is 13.3 Å². The largest absolute Gasteiger partial charge is 0.481 e. The molecule has 5 heteroatoms. The van der Waals surface area contributed by atoms with Gasteiger partial charge < -0.3 is 15.3 Å². The van der Waals surface area contributed by atoms with E-state index in [2.05, 4.69) is 12.2 Å². The third-order valence-corrected chi connectivity index (χ3v) is 4.46. The molecular formula is C14H24N2O3. The van der Waals surface area contributed by atoms with Gasteiger partial charge in [0.2, 0.25) is 5.91 Å². The predicted octanol–water partition coefficient (Wildman–Crippen LogP) is 1.23. The molecule has 2 aliphatic rings. The van der Waals surface area contributed by atoms with Gasteiger partial charge in [0.25, 0.3) is 0 Å². The predicted molar refractivity (Wildman–Crippen MR) is 71.8 cm³/mol. The smallest absolute Gasteiger partial charge is 0.305 e. The zero-order valence-electron chi connectivity index (χ0n) is 11.6. The molecule has 0 aromatic carbocycles. The second-order valence-corrected chi connectivity index (χ2v) is 5.73. The Kier molecular flexibility index (Phi) is 4.80. The molecule has 3 atom stereocenters. The molecule has 2 saturated heterocycles. The van der Waals surface area contributed by atoms with Crippen molar-refractivity contribution >= 4 is 11.9 Å². The number of nitrogens with zero attached hydrogens (tertiary/aromatic N) is 1. The first-order valence-electron chi connectivity index (χ1n) is 7.37. The van der Waals surface area contributed by atoms with Gasteiger partial charge in [0, 0.05) is 12.6 Å². The highest BCUT2D eigenvalue weighted by Crippen LogP contribution is 2.25. The van der Waals surface area contributed by atoms with Crippen LogP contribution in [0.5, 0.6) is 0 Å². The number of carbonyl (C=O) groups is 2. The third-order valence-electron chi connectivity index (χ3n) is 4.46. The number of carboxylic acids is 1. The van der Waals surface area contributed by atoms with Gasteiger partial charge in [-0.05, 0) is 38.1 Å². The lowest BCUT2D eigenvalue weighted by Crippen LogP contribution is -2.51.